The van der Waals surface area contributed by atoms with Crippen LogP contribution in [0.2, 0.25) is 0 Å². The van der Waals surface area contributed by atoms with Crippen molar-refractivity contribution in [2.24, 2.45) is 16.3 Å². The summed E-state index contributed by atoms with van der Waals surface area (Å²) in [5.41, 5.74) is 3.00. The molecule has 2 rings (SSSR count). The fourth-order valence-corrected chi connectivity index (χ4v) is 2.05. The first-order chi connectivity index (χ1) is 6.62. The Hall–Kier alpha value is -0.850. The fraction of sp³-hybridized carbons (Fsp3) is 0.615. The minimum absolute atomic E-state index is 0.306. The van der Waals surface area contributed by atoms with E-state index in [1.807, 2.05) is 7.05 Å². The average molecular weight is 189 g/mol. The lowest BCUT2D eigenvalue weighted by molar-refractivity contribution is 0.486. The second-order valence-electron chi connectivity index (χ2n) is 5.08. The van der Waals surface area contributed by atoms with E-state index >= 15 is 0 Å². The van der Waals surface area contributed by atoms with Crippen molar-refractivity contribution in [3.8, 4) is 0 Å². The summed E-state index contributed by atoms with van der Waals surface area (Å²) in [6, 6.07) is 0. The first-order valence-electron chi connectivity index (χ1n) is 5.49. The van der Waals surface area contributed by atoms with Crippen LogP contribution in [0.3, 0.4) is 0 Å². The van der Waals surface area contributed by atoms with Gasteiger partial charge in [0.2, 0.25) is 0 Å². The Morgan fingerprint density at radius 3 is 2.64 bits per heavy atom. The molecule has 76 valence electrons. The minimum atomic E-state index is 0.306. The molecule has 0 unspecified atom stereocenters. The lowest BCUT2D eigenvalue weighted by Crippen LogP contribution is -2.08. The van der Waals surface area contributed by atoms with Gasteiger partial charge in [0.05, 0.1) is 5.71 Å². The van der Waals surface area contributed by atoms with Crippen molar-refractivity contribution in [1.29, 1.82) is 0 Å². The van der Waals surface area contributed by atoms with Crippen molar-refractivity contribution in [1.82, 2.24) is 0 Å². The monoisotopic (exact) mass is 189 g/mol. The fourth-order valence-electron chi connectivity index (χ4n) is 2.05. The van der Waals surface area contributed by atoms with Crippen LogP contribution in [0.4, 0.5) is 0 Å². The maximum Gasteiger partial charge on any atom is 0.0599 e. The molecule has 0 aromatic heterocycles. The number of allylic oxidation sites excluding steroid dienone is 4. The topological polar surface area (TPSA) is 12.4 Å². The molecule has 2 aliphatic carbocycles. The highest BCUT2D eigenvalue weighted by Crippen LogP contribution is 2.41. The number of rotatable bonds is 1. The zero-order chi connectivity index (χ0) is 10.2. The van der Waals surface area contributed by atoms with E-state index in [4.69, 9.17) is 0 Å². The van der Waals surface area contributed by atoms with Crippen molar-refractivity contribution in [3.05, 3.63) is 23.8 Å². The van der Waals surface area contributed by atoms with Crippen molar-refractivity contribution in [3.63, 3.8) is 0 Å². The SMILES string of the molecule is CN=C1C=CCC(C)(C)C=C1C1CC1. The molecule has 1 heteroatoms. The third-order valence-electron chi connectivity index (χ3n) is 3.02. The summed E-state index contributed by atoms with van der Waals surface area (Å²) in [4.78, 5) is 4.38. The summed E-state index contributed by atoms with van der Waals surface area (Å²) in [6.07, 6.45) is 10.7. The molecule has 1 nitrogen and oxygen atoms in total. The Morgan fingerprint density at radius 1 is 1.36 bits per heavy atom. The normalized spacial score (nSPS) is 28.8. The molecule has 2 aliphatic rings. The predicted octanol–water partition coefficient (Wildman–Crippen LogP) is 3.38. The van der Waals surface area contributed by atoms with Gasteiger partial charge in [-0.15, -0.1) is 0 Å². The summed E-state index contributed by atoms with van der Waals surface area (Å²) in [7, 11) is 1.90. The zero-order valence-corrected chi connectivity index (χ0v) is 9.38. The molecule has 14 heavy (non-hydrogen) atoms. The molecule has 0 aromatic carbocycles. The highest BCUT2D eigenvalue weighted by molar-refractivity contribution is 6.09. The van der Waals surface area contributed by atoms with E-state index in [0.717, 1.165) is 12.3 Å². The predicted molar refractivity (Wildman–Crippen MR) is 61.7 cm³/mol. The number of hydrogen-bond donors (Lipinski definition) is 0. The van der Waals surface area contributed by atoms with Crippen LogP contribution < -0.4 is 0 Å². The number of aliphatic imine (C=N–C) groups is 1. The van der Waals surface area contributed by atoms with Gasteiger partial charge < -0.3 is 0 Å². The Bertz CT molecular complexity index is 314. The smallest absolute Gasteiger partial charge is 0.0599 e. The maximum absolute atomic E-state index is 4.38. The van der Waals surface area contributed by atoms with Crippen LogP contribution in [0.1, 0.15) is 33.1 Å². The standard InChI is InChI=1S/C13H19N/c1-13(2)8-4-5-12(14-3)11(9-13)10-6-7-10/h4-5,9-10H,6-8H2,1-3H3. The van der Waals surface area contributed by atoms with Crippen LogP contribution >= 0.6 is 0 Å². The molecule has 0 heterocycles. The second kappa shape index (κ2) is 3.38. The van der Waals surface area contributed by atoms with Crippen molar-refractivity contribution in [2.45, 2.75) is 33.1 Å². The van der Waals surface area contributed by atoms with Crippen LogP contribution in [0.5, 0.6) is 0 Å². The Kier molecular flexibility index (Phi) is 2.34. The molecular weight excluding hydrogens is 170 g/mol. The molecule has 0 N–H and O–H groups in total. The van der Waals surface area contributed by atoms with Gasteiger partial charge in [0.15, 0.2) is 0 Å². The van der Waals surface area contributed by atoms with Gasteiger partial charge in [0.1, 0.15) is 0 Å². The first kappa shape index (κ1) is 9.70. The maximum atomic E-state index is 4.38. The molecule has 1 saturated carbocycles. The molecular formula is C13H19N. The zero-order valence-electron chi connectivity index (χ0n) is 9.38. The van der Waals surface area contributed by atoms with Gasteiger partial charge in [0, 0.05) is 7.05 Å². The molecule has 0 spiro atoms. The van der Waals surface area contributed by atoms with Gasteiger partial charge in [-0.3, -0.25) is 4.99 Å². The van der Waals surface area contributed by atoms with Crippen molar-refractivity contribution in [2.75, 3.05) is 7.05 Å². The van der Waals surface area contributed by atoms with E-state index < -0.39 is 0 Å². The van der Waals surface area contributed by atoms with Crippen molar-refractivity contribution >= 4 is 5.71 Å². The summed E-state index contributed by atoms with van der Waals surface area (Å²) in [6.45, 7) is 4.61. The Labute approximate surface area is 86.6 Å². The lowest BCUT2D eigenvalue weighted by Gasteiger charge is -2.18. The molecule has 0 aliphatic heterocycles. The van der Waals surface area contributed by atoms with Gasteiger partial charge in [-0.25, -0.2) is 0 Å². The Morgan fingerprint density at radius 2 is 2.07 bits per heavy atom. The number of nitrogens with zero attached hydrogens (tertiary/aromatic N) is 1. The van der Waals surface area contributed by atoms with Crippen LogP contribution in [-0.2, 0) is 0 Å². The summed E-state index contributed by atoms with van der Waals surface area (Å²) >= 11 is 0. The van der Waals surface area contributed by atoms with Crippen LogP contribution in [0.25, 0.3) is 0 Å². The highest BCUT2D eigenvalue weighted by Gasteiger charge is 2.31. The molecule has 0 amide bonds. The quantitative estimate of drug-likeness (QED) is 0.599. The molecule has 1 fully saturated rings. The van der Waals surface area contributed by atoms with Crippen LogP contribution in [-0.4, -0.2) is 12.8 Å². The highest BCUT2D eigenvalue weighted by atomic mass is 14.7. The minimum Gasteiger partial charge on any atom is -0.288 e. The van der Waals surface area contributed by atoms with E-state index in [1.165, 1.54) is 24.1 Å². The first-order valence-corrected chi connectivity index (χ1v) is 5.49. The second-order valence-corrected chi connectivity index (χ2v) is 5.08. The summed E-state index contributed by atoms with van der Waals surface area (Å²) in [5.74, 6) is 0.802. The van der Waals surface area contributed by atoms with E-state index in [-0.39, 0.29) is 0 Å². The lowest BCUT2D eigenvalue weighted by atomic mass is 9.87. The van der Waals surface area contributed by atoms with E-state index in [0.29, 0.717) is 5.41 Å². The largest absolute Gasteiger partial charge is 0.288 e. The average Bonchev–Trinajstić information content (AvgIpc) is 2.90. The summed E-state index contributed by atoms with van der Waals surface area (Å²) < 4.78 is 0. The van der Waals surface area contributed by atoms with Gasteiger partial charge in [-0.2, -0.15) is 0 Å². The molecule has 0 radical (unpaired) electrons. The van der Waals surface area contributed by atoms with Gasteiger partial charge in [-0.05, 0) is 42.2 Å². The summed E-state index contributed by atoms with van der Waals surface area (Å²) in [5, 5.41) is 0. The molecule has 0 bridgehead atoms. The van der Waals surface area contributed by atoms with Crippen LogP contribution in [0, 0.1) is 11.3 Å². The molecule has 0 saturated heterocycles. The van der Waals surface area contributed by atoms with Crippen LogP contribution in [0.15, 0.2) is 28.8 Å². The molecule has 0 atom stereocenters. The van der Waals surface area contributed by atoms with Gasteiger partial charge >= 0.3 is 0 Å². The number of hydrogen-bond acceptors (Lipinski definition) is 1. The third kappa shape index (κ3) is 1.97. The van der Waals surface area contributed by atoms with E-state index in [2.05, 4.69) is 37.1 Å². The molecule has 0 aromatic rings. The Balaban J connectivity index is 2.37. The van der Waals surface area contributed by atoms with E-state index in [1.54, 1.807) is 0 Å². The van der Waals surface area contributed by atoms with Gasteiger partial charge in [0.25, 0.3) is 0 Å². The third-order valence-corrected chi connectivity index (χ3v) is 3.02. The van der Waals surface area contributed by atoms with Gasteiger partial charge in [-0.1, -0.05) is 26.0 Å². The van der Waals surface area contributed by atoms with Crippen molar-refractivity contribution < 1.29 is 0 Å². The van der Waals surface area contributed by atoms with E-state index in [9.17, 15) is 0 Å².